The number of hydrogen-bond donors (Lipinski definition) is 0. The van der Waals surface area contributed by atoms with Gasteiger partial charge in [-0.05, 0) is 77.0 Å². The van der Waals surface area contributed by atoms with E-state index in [1.165, 1.54) is 0 Å². The highest BCUT2D eigenvalue weighted by molar-refractivity contribution is 5.73. The molecule has 0 atom stereocenters. The van der Waals surface area contributed by atoms with Crippen LogP contribution in [0.5, 0.6) is 0 Å². The summed E-state index contributed by atoms with van der Waals surface area (Å²) in [6.07, 6.45) is 24.6. The highest BCUT2D eigenvalue weighted by Crippen LogP contribution is 2.32. The zero-order valence-electron chi connectivity index (χ0n) is 40.4. The lowest BCUT2D eigenvalue weighted by molar-refractivity contribution is 0.750. The number of unbranched alkanes of at least 4 members (excludes halogenated alkanes) is 6. The van der Waals surface area contributed by atoms with Crippen molar-refractivity contribution >= 4 is 0 Å². The summed E-state index contributed by atoms with van der Waals surface area (Å²) in [4.78, 5) is 45.7. The van der Waals surface area contributed by atoms with E-state index in [1.807, 2.05) is 18.6 Å². The Labute approximate surface area is 394 Å². The maximum absolute atomic E-state index is 5.16. The van der Waals surface area contributed by atoms with Gasteiger partial charge in [0, 0.05) is 52.0 Å². The minimum atomic E-state index is 0.608. The molecular weight excluding hydrogens is 811 g/mol. The minimum absolute atomic E-state index is 0.608. The molecule has 0 bridgehead atoms. The minimum Gasteiger partial charge on any atom is -0.257 e. The quantitative estimate of drug-likeness (QED) is 0.0585. The number of nitrogens with zero attached hydrogens (tertiary/aromatic N) is 9. The molecule has 7 aromatic rings. The van der Waals surface area contributed by atoms with Crippen molar-refractivity contribution in [1.82, 2.24) is 44.9 Å². The third-order valence-corrected chi connectivity index (χ3v) is 12.2. The molecule has 0 aliphatic rings. The fourth-order valence-electron chi connectivity index (χ4n) is 8.16. The van der Waals surface area contributed by atoms with Crippen LogP contribution in [0.3, 0.4) is 0 Å². The topological polar surface area (TPSA) is 116 Å². The Bertz CT molecular complexity index is 2300. The number of rotatable bonds is 24. The first-order valence-corrected chi connectivity index (χ1v) is 25.1. The molecule has 4 aromatic heterocycles. The number of benzene rings is 3. The van der Waals surface area contributed by atoms with Gasteiger partial charge in [-0.25, -0.2) is 29.9 Å². The van der Waals surface area contributed by atoms with E-state index in [0.29, 0.717) is 17.5 Å². The van der Waals surface area contributed by atoms with Crippen LogP contribution in [-0.2, 0) is 38.5 Å². The summed E-state index contributed by atoms with van der Waals surface area (Å²) < 4.78 is 0. The highest BCUT2D eigenvalue weighted by Gasteiger charge is 2.18. The Morgan fingerprint density at radius 2 is 0.500 bits per heavy atom. The number of aromatic nitrogens is 9. The molecule has 4 heterocycles. The van der Waals surface area contributed by atoms with Crippen molar-refractivity contribution in [3.8, 4) is 67.9 Å². The molecular formula is C57H69N9. The van der Waals surface area contributed by atoms with Crippen molar-refractivity contribution in [2.24, 2.45) is 0 Å². The van der Waals surface area contributed by atoms with Gasteiger partial charge in [-0.2, -0.15) is 0 Å². The predicted molar refractivity (Wildman–Crippen MR) is 271 cm³/mol. The van der Waals surface area contributed by atoms with E-state index in [9.17, 15) is 0 Å². The SMILES string of the molecule is CCCCc1cnc(CCCC)c(-c2ccc(-c3nc(-c4ccc(-c5nc(CCCC)cnc5CCCC)cc4)nc(-c4ccc(-c5nc(CCCC)cnc5CCCC)cc4)n3)cc2)n1. The first-order chi connectivity index (χ1) is 32.4. The zero-order chi connectivity index (χ0) is 46.1. The molecule has 0 saturated carbocycles. The third kappa shape index (κ3) is 12.4. The molecule has 0 radical (unpaired) electrons. The van der Waals surface area contributed by atoms with Crippen molar-refractivity contribution in [1.29, 1.82) is 0 Å². The molecule has 9 heteroatoms. The van der Waals surface area contributed by atoms with Gasteiger partial charge < -0.3 is 0 Å². The van der Waals surface area contributed by atoms with Crippen molar-refractivity contribution in [2.45, 2.75) is 157 Å². The van der Waals surface area contributed by atoms with Gasteiger partial charge in [0.15, 0.2) is 17.5 Å². The Hall–Kier alpha value is -6.09. The van der Waals surface area contributed by atoms with E-state index in [2.05, 4.69) is 114 Å². The molecule has 0 amide bonds. The second kappa shape index (κ2) is 24.4. The second-order valence-corrected chi connectivity index (χ2v) is 17.6. The van der Waals surface area contributed by atoms with Crippen LogP contribution in [0.4, 0.5) is 0 Å². The summed E-state index contributed by atoms with van der Waals surface area (Å²) >= 11 is 0. The average molecular weight is 880 g/mol. The maximum Gasteiger partial charge on any atom is 0.164 e. The van der Waals surface area contributed by atoms with E-state index in [4.69, 9.17) is 44.9 Å². The molecule has 0 saturated heterocycles. The van der Waals surface area contributed by atoms with Crippen LogP contribution in [-0.4, -0.2) is 44.9 Å². The Morgan fingerprint density at radius 3 is 0.742 bits per heavy atom. The van der Waals surface area contributed by atoms with Crippen LogP contribution >= 0.6 is 0 Å². The molecule has 0 spiro atoms. The summed E-state index contributed by atoms with van der Waals surface area (Å²) in [5.41, 5.74) is 15.1. The first-order valence-electron chi connectivity index (χ1n) is 25.1. The van der Waals surface area contributed by atoms with Crippen LogP contribution in [0.15, 0.2) is 91.4 Å². The van der Waals surface area contributed by atoms with Crippen molar-refractivity contribution in [3.05, 3.63) is 126 Å². The van der Waals surface area contributed by atoms with Crippen molar-refractivity contribution in [2.75, 3.05) is 0 Å². The predicted octanol–water partition coefficient (Wildman–Crippen LogP) is 14.3. The van der Waals surface area contributed by atoms with Crippen LogP contribution in [0.25, 0.3) is 67.9 Å². The van der Waals surface area contributed by atoms with Gasteiger partial charge in [-0.15, -0.1) is 0 Å². The summed E-state index contributed by atoms with van der Waals surface area (Å²) in [7, 11) is 0. The molecule has 7 rings (SSSR count). The first kappa shape index (κ1) is 47.9. The average Bonchev–Trinajstić information content (AvgIpc) is 3.37. The maximum atomic E-state index is 5.16. The molecule has 0 unspecified atom stereocenters. The van der Waals surface area contributed by atoms with Gasteiger partial charge in [0.1, 0.15) is 0 Å². The smallest absolute Gasteiger partial charge is 0.164 e. The molecule has 66 heavy (non-hydrogen) atoms. The molecule has 0 aliphatic carbocycles. The Balaban J connectivity index is 1.28. The van der Waals surface area contributed by atoms with Crippen molar-refractivity contribution < 1.29 is 0 Å². The molecule has 0 aliphatic heterocycles. The van der Waals surface area contributed by atoms with Gasteiger partial charge in [0.05, 0.1) is 51.2 Å². The van der Waals surface area contributed by atoms with Crippen molar-refractivity contribution in [3.63, 3.8) is 0 Å². The molecule has 342 valence electrons. The standard InChI is InChI=1S/C57H69N9/c1-7-13-19-46-37-58-49(22-16-10-4)52(61-46)40-25-31-43(32-26-40)55-64-56(44-33-27-41(28-34-44)53-50(23-17-11-5)59-38-47(62-53)20-14-8-2)66-57(65-55)45-35-29-42(30-36-45)54-51(24-18-12-6)60-39-48(63-54)21-15-9-3/h25-39H,7-24H2,1-6H3. The normalized spacial score (nSPS) is 11.4. The molecule has 0 fully saturated rings. The lowest BCUT2D eigenvalue weighted by Gasteiger charge is -2.13. The van der Waals surface area contributed by atoms with Gasteiger partial charge in [0.2, 0.25) is 0 Å². The zero-order valence-corrected chi connectivity index (χ0v) is 40.4. The van der Waals surface area contributed by atoms with E-state index >= 15 is 0 Å². The van der Waals surface area contributed by atoms with E-state index in [-0.39, 0.29) is 0 Å². The number of hydrogen-bond acceptors (Lipinski definition) is 9. The fourth-order valence-corrected chi connectivity index (χ4v) is 8.16. The van der Waals surface area contributed by atoms with E-state index in [0.717, 1.165) is 200 Å². The van der Waals surface area contributed by atoms with E-state index < -0.39 is 0 Å². The number of aryl methyl sites for hydroxylation is 6. The van der Waals surface area contributed by atoms with E-state index in [1.54, 1.807) is 0 Å². The summed E-state index contributed by atoms with van der Waals surface area (Å²) in [5, 5.41) is 0. The lowest BCUT2D eigenvalue weighted by atomic mass is 10.0. The largest absolute Gasteiger partial charge is 0.257 e. The fraction of sp³-hybridized carbons (Fsp3) is 0.421. The van der Waals surface area contributed by atoms with Gasteiger partial charge in [0.25, 0.3) is 0 Å². The van der Waals surface area contributed by atoms with Crippen LogP contribution in [0.2, 0.25) is 0 Å². The van der Waals surface area contributed by atoms with Gasteiger partial charge in [-0.1, -0.05) is 153 Å². The Morgan fingerprint density at radius 1 is 0.273 bits per heavy atom. The second-order valence-electron chi connectivity index (χ2n) is 17.6. The van der Waals surface area contributed by atoms with Crippen LogP contribution < -0.4 is 0 Å². The summed E-state index contributed by atoms with van der Waals surface area (Å²) in [5.74, 6) is 1.82. The van der Waals surface area contributed by atoms with Gasteiger partial charge >= 0.3 is 0 Å². The lowest BCUT2D eigenvalue weighted by Crippen LogP contribution is -2.03. The molecule has 9 nitrogen and oxygen atoms in total. The van der Waals surface area contributed by atoms with Gasteiger partial charge in [-0.3, -0.25) is 15.0 Å². The molecule has 0 N–H and O–H groups in total. The Kier molecular flexibility index (Phi) is 17.7. The highest BCUT2D eigenvalue weighted by atomic mass is 15.0. The van der Waals surface area contributed by atoms with Crippen LogP contribution in [0, 0.1) is 0 Å². The van der Waals surface area contributed by atoms with Crippen LogP contribution in [0.1, 0.15) is 153 Å². The summed E-state index contributed by atoms with van der Waals surface area (Å²) in [6, 6.07) is 25.5. The monoisotopic (exact) mass is 880 g/mol. The summed E-state index contributed by atoms with van der Waals surface area (Å²) in [6.45, 7) is 13.3. The third-order valence-electron chi connectivity index (χ3n) is 12.2. The molecule has 3 aromatic carbocycles.